The number of hydrogen-bond acceptors (Lipinski definition) is 4. The van der Waals surface area contributed by atoms with E-state index in [0.717, 1.165) is 11.3 Å². The van der Waals surface area contributed by atoms with Crippen molar-refractivity contribution in [3.8, 4) is 0 Å². The van der Waals surface area contributed by atoms with Crippen LogP contribution in [0.2, 0.25) is 0 Å². The number of benzene rings is 2. The Morgan fingerprint density at radius 3 is 2.50 bits per heavy atom. The van der Waals surface area contributed by atoms with Gasteiger partial charge in [0.1, 0.15) is 0 Å². The number of nitrogens with zero attached hydrogens (tertiary/aromatic N) is 1. The van der Waals surface area contributed by atoms with Gasteiger partial charge in [0.15, 0.2) is 11.6 Å². The Bertz CT molecular complexity index is 841. The molecule has 24 heavy (non-hydrogen) atoms. The molecule has 1 heterocycles. The average Bonchev–Trinajstić information content (AvgIpc) is 2.75. The van der Waals surface area contributed by atoms with Gasteiger partial charge in [0.05, 0.1) is 12.1 Å². The van der Waals surface area contributed by atoms with Crippen LogP contribution in [0.3, 0.4) is 0 Å². The van der Waals surface area contributed by atoms with Crippen LogP contribution < -0.4 is 16.4 Å². The number of fused-ring (bicyclic) bond motifs is 1. The van der Waals surface area contributed by atoms with Gasteiger partial charge in [-0.05, 0) is 6.07 Å². The van der Waals surface area contributed by atoms with Gasteiger partial charge in [0.25, 0.3) is 0 Å². The predicted octanol–water partition coefficient (Wildman–Crippen LogP) is 2.64. The largest absolute Gasteiger partial charge is 0.355 e. The van der Waals surface area contributed by atoms with Gasteiger partial charge < -0.3 is 11.1 Å². The minimum absolute atomic E-state index is 0.0608. The summed E-state index contributed by atoms with van der Waals surface area (Å²) in [5, 5.41) is 5.65. The third-order valence-corrected chi connectivity index (χ3v) is 3.54. The molecule has 0 saturated heterocycles. The fraction of sp³-hybridized carbons (Fsp3) is 0.0556. The third-order valence-electron chi connectivity index (χ3n) is 3.54. The lowest BCUT2D eigenvalue weighted by atomic mass is 10.1. The lowest BCUT2D eigenvalue weighted by Gasteiger charge is -2.13. The number of para-hydroxylation sites is 1. The fourth-order valence-corrected chi connectivity index (χ4v) is 2.40. The summed E-state index contributed by atoms with van der Waals surface area (Å²) < 4.78 is 0. The number of anilines is 1. The van der Waals surface area contributed by atoms with Gasteiger partial charge in [0, 0.05) is 23.0 Å². The number of hydrogen-bond donors (Lipinski definition) is 3. The van der Waals surface area contributed by atoms with Crippen LogP contribution in [-0.4, -0.2) is 18.0 Å². The number of aliphatic imine (C=N–C) groups is 1. The normalized spacial score (nSPS) is 12.8. The molecule has 0 atom stereocenters. The average molecular weight is 320 g/mol. The molecule has 0 fully saturated rings. The van der Waals surface area contributed by atoms with Crippen molar-refractivity contribution < 1.29 is 9.59 Å². The van der Waals surface area contributed by atoms with Crippen molar-refractivity contribution in [2.45, 2.75) is 6.42 Å². The molecule has 2 aromatic carbocycles. The summed E-state index contributed by atoms with van der Waals surface area (Å²) in [5.74, 6) is 0.152. The van der Waals surface area contributed by atoms with E-state index in [4.69, 9.17) is 5.73 Å². The Balaban J connectivity index is 1.94. The lowest BCUT2D eigenvalue weighted by Crippen LogP contribution is -2.30. The van der Waals surface area contributed by atoms with Crippen molar-refractivity contribution in [2.75, 3.05) is 5.32 Å². The smallest absolute Gasteiger partial charge is 0.317 e. The van der Waals surface area contributed by atoms with Gasteiger partial charge in [0.2, 0.25) is 0 Å². The first-order valence-corrected chi connectivity index (χ1v) is 7.41. The lowest BCUT2D eigenvalue weighted by molar-refractivity contribution is 0.0992. The quantitative estimate of drug-likeness (QED) is 0.755. The molecular formula is C18H16N4O2. The van der Waals surface area contributed by atoms with Crippen molar-refractivity contribution in [3.63, 3.8) is 0 Å². The number of urea groups is 1. The molecule has 1 aliphatic rings. The SMILES string of the molecule is NC(=O)NC1=C(CC(=O)c2ccccc2)Nc2ccccc2C=N1. The van der Waals surface area contributed by atoms with Crippen molar-refractivity contribution >= 4 is 23.7 Å². The van der Waals surface area contributed by atoms with E-state index in [9.17, 15) is 9.59 Å². The maximum atomic E-state index is 12.5. The van der Waals surface area contributed by atoms with E-state index in [-0.39, 0.29) is 18.0 Å². The molecule has 6 nitrogen and oxygen atoms in total. The molecular weight excluding hydrogens is 304 g/mol. The first kappa shape index (κ1) is 15.5. The number of ketones is 1. The maximum Gasteiger partial charge on any atom is 0.317 e. The van der Waals surface area contributed by atoms with Crippen LogP contribution in [0, 0.1) is 0 Å². The van der Waals surface area contributed by atoms with E-state index in [1.54, 1.807) is 30.5 Å². The zero-order valence-electron chi connectivity index (χ0n) is 12.8. The van der Waals surface area contributed by atoms with E-state index in [1.165, 1.54) is 0 Å². The summed E-state index contributed by atoms with van der Waals surface area (Å²) in [7, 11) is 0. The van der Waals surface area contributed by atoms with E-state index < -0.39 is 6.03 Å². The molecule has 6 heteroatoms. The highest BCUT2D eigenvalue weighted by molar-refractivity contribution is 5.99. The van der Waals surface area contributed by atoms with E-state index in [1.807, 2.05) is 30.3 Å². The van der Waals surface area contributed by atoms with E-state index >= 15 is 0 Å². The third kappa shape index (κ3) is 3.49. The summed E-state index contributed by atoms with van der Waals surface area (Å²) in [6.45, 7) is 0. The standard InChI is InChI=1S/C18H16N4O2/c19-18(24)22-17-15(10-16(23)12-6-2-1-3-7-12)21-14-9-5-4-8-13(14)11-20-17/h1-9,11,21H,10H2,(H3,19,22,24). The number of carbonyl (C=O) groups is 2. The second-order valence-electron chi connectivity index (χ2n) is 5.25. The number of nitrogens with one attached hydrogen (secondary N) is 2. The summed E-state index contributed by atoms with van der Waals surface area (Å²) in [6.07, 6.45) is 1.68. The molecule has 0 aliphatic carbocycles. The molecule has 0 spiro atoms. The molecule has 0 bridgehead atoms. The molecule has 0 saturated carbocycles. The Morgan fingerprint density at radius 2 is 1.75 bits per heavy atom. The first-order chi connectivity index (χ1) is 11.6. The Morgan fingerprint density at radius 1 is 1.04 bits per heavy atom. The van der Waals surface area contributed by atoms with Gasteiger partial charge >= 0.3 is 6.03 Å². The number of primary amides is 1. The number of allylic oxidation sites excluding steroid dienone is 1. The minimum atomic E-state index is -0.737. The van der Waals surface area contributed by atoms with Crippen LogP contribution in [0.4, 0.5) is 10.5 Å². The Labute approximate surface area is 139 Å². The van der Waals surface area contributed by atoms with Crippen LogP contribution in [-0.2, 0) is 0 Å². The highest BCUT2D eigenvalue weighted by Crippen LogP contribution is 2.23. The molecule has 0 aromatic heterocycles. The van der Waals surface area contributed by atoms with Gasteiger partial charge in [-0.15, -0.1) is 0 Å². The van der Waals surface area contributed by atoms with Crippen LogP contribution in [0.25, 0.3) is 0 Å². The zero-order chi connectivity index (χ0) is 16.9. The van der Waals surface area contributed by atoms with Crippen molar-refractivity contribution in [1.82, 2.24) is 5.32 Å². The summed E-state index contributed by atoms with van der Waals surface area (Å²) in [5.41, 5.74) is 7.95. The Kier molecular flexibility index (Phi) is 4.38. The predicted molar refractivity (Wildman–Crippen MR) is 92.8 cm³/mol. The van der Waals surface area contributed by atoms with E-state index in [0.29, 0.717) is 11.3 Å². The van der Waals surface area contributed by atoms with Crippen LogP contribution in [0.5, 0.6) is 0 Å². The van der Waals surface area contributed by atoms with Gasteiger partial charge in [-0.2, -0.15) is 0 Å². The maximum absolute atomic E-state index is 12.5. The van der Waals surface area contributed by atoms with Crippen LogP contribution >= 0.6 is 0 Å². The first-order valence-electron chi connectivity index (χ1n) is 7.41. The van der Waals surface area contributed by atoms with E-state index in [2.05, 4.69) is 15.6 Å². The zero-order valence-corrected chi connectivity index (χ0v) is 12.8. The number of Topliss-reactive ketones (excluding diaryl/α,β-unsaturated/α-hetero) is 1. The summed E-state index contributed by atoms with van der Waals surface area (Å²) in [6, 6.07) is 15.7. The van der Waals surface area contributed by atoms with Crippen molar-refractivity contribution in [3.05, 3.63) is 77.2 Å². The second-order valence-corrected chi connectivity index (χ2v) is 5.25. The fourth-order valence-electron chi connectivity index (χ4n) is 2.40. The number of carbonyl (C=O) groups excluding carboxylic acids is 2. The minimum Gasteiger partial charge on any atom is -0.355 e. The van der Waals surface area contributed by atoms with Gasteiger partial charge in [-0.1, -0.05) is 48.5 Å². The molecule has 0 unspecified atom stereocenters. The second kappa shape index (κ2) is 6.78. The molecule has 2 amide bonds. The van der Waals surface area contributed by atoms with Crippen LogP contribution in [0.15, 0.2) is 71.1 Å². The van der Waals surface area contributed by atoms with Gasteiger partial charge in [-0.3, -0.25) is 10.1 Å². The highest BCUT2D eigenvalue weighted by atomic mass is 16.2. The highest BCUT2D eigenvalue weighted by Gasteiger charge is 2.17. The Hall–Kier alpha value is -3.41. The topological polar surface area (TPSA) is 96.6 Å². The number of amides is 2. The monoisotopic (exact) mass is 320 g/mol. The number of nitrogens with two attached hydrogens (primary N) is 1. The molecule has 120 valence electrons. The summed E-state index contributed by atoms with van der Waals surface area (Å²) in [4.78, 5) is 28.0. The molecule has 4 N–H and O–H groups in total. The van der Waals surface area contributed by atoms with Crippen LogP contribution in [0.1, 0.15) is 22.3 Å². The van der Waals surface area contributed by atoms with Crippen molar-refractivity contribution in [2.24, 2.45) is 10.7 Å². The molecule has 0 radical (unpaired) electrons. The number of rotatable bonds is 4. The van der Waals surface area contributed by atoms with Crippen molar-refractivity contribution in [1.29, 1.82) is 0 Å². The summed E-state index contributed by atoms with van der Waals surface area (Å²) >= 11 is 0. The van der Waals surface area contributed by atoms with Gasteiger partial charge in [-0.25, -0.2) is 9.79 Å². The molecule has 3 rings (SSSR count). The molecule has 2 aromatic rings. The molecule has 1 aliphatic heterocycles.